The zero-order chi connectivity index (χ0) is 13.8. The second-order valence-corrected chi connectivity index (χ2v) is 4.43. The lowest BCUT2D eigenvalue weighted by Crippen LogP contribution is -2.46. The van der Waals surface area contributed by atoms with E-state index in [1.165, 1.54) is 13.2 Å². The highest BCUT2D eigenvalue weighted by Crippen LogP contribution is 2.31. The van der Waals surface area contributed by atoms with Crippen molar-refractivity contribution in [3.63, 3.8) is 0 Å². The highest BCUT2D eigenvalue weighted by molar-refractivity contribution is 5.34. The molecule has 1 aromatic rings. The van der Waals surface area contributed by atoms with E-state index in [0.717, 1.165) is 6.07 Å². The Hall–Kier alpha value is -1.27. The number of alkyl halides is 1. The normalized spacial score (nSPS) is 18.3. The second-order valence-electron chi connectivity index (χ2n) is 4.43. The van der Waals surface area contributed by atoms with Crippen molar-refractivity contribution in [2.45, 2.75) is 6.04 Å². The van der Waals surface area contributed by atoms with Gasteiger partial charge < -0.3 is 10.1 Å². The molecular weight excluding hydrogens is 257 g/mol. The number of rotatable bonds is 4. The summed E-state index contributed by atoms with van der Waals surface area (Å²) < 4.78 is 46.1. The maximum atomic E-state index is 14.2. The molecular formula is C13H17F3N2O. The predicted molar refractivity (Wildman–Crippen MR) is 66.1 cm³/mol. The largest absolute Gasteiger partial charge is 0.494 e. The molecule has 1 fully saturated rings. The van der Waals surface area contributed by atoms with Crippen molar-refractivity contribution in [3.8, 4) is 5.75 Å². The van der Waals surface area contributed by atoms with E-state index in [2.05, 4.69) is 5.32 Å². The van der Waals surface area contributed by atoms with Gasteiger partial charge in [0.1, 0.15) is 12.5 Å². The maximum Gasteiger partial charge on any atom is 0.172 e. The zero-order valence-corrected chi connectivity index (χ0v) is 10.8. The first-order chi connectivity index (χ1) is 9.19. The van der Waals surface area contributed by atoms with Crippen molar-refractivity contribution in [1.82, 2.24) is 10.2 Å². The monoisotopic (exact) mass is 274 g/mol. The molecule has 0 aliphatic carbocycles. The SMILES string of the molecule is COc1ccc(F)c([C@@H](CF)N2CCNCC2)c1F. The van der Waals surface area contributed by atoms with Gasteiger partial charge in [-0.2, -0.15) is 0 Å². The van der Waals surface area contributed by atoms with Crippen molar-refractivity contribution < 1.29 is 17.9 Å². The molecule has 3 nitrogen and oxygen atoms in total. The van der Waals surface area contributed by atoms with Crippen LogP contribution in [0.5, 0.6) is 5.75 Å². The van der Waals surface area contributed by atoms with Gasteiger partial charge in [-0.05, 0) is 12.1 Å². The first kappa shape index (κ1) is 14.1. The molecule has 1 aliphatic heterocycles. The third-order valence-electron chi connectivity index (χ3n) is 3.38. The number of halogens is 3. The first-order valence-electron chi connectivity index (χ1n) is 6.21. The molecule has 0 radical (unpaired) electrons. The van der Waals surface area contributed by atoms with Gasteiger partial charge in [0.15, 0.2) is 11.6 Å². The lowest BCUT2D eigenvalue weighted by atomic mass is 10.0. The van der Waals surface area contributed by atoms with Gasteiger partial charge in [-0.1, -0.05) is 0 Å². The highest BCUT2D eigenvalue weighted by Gasteiger charge is 2.29. The Bertz CT molecular complexity index is 436. The maximum absolute atomic E-state index is 14.2. The van der Waals surface area contributed by atoms with Gasteiger partial charge in [0, 0.05) is 31.7 Å². The van der Waals surface area contributed by atoms with E-state index in [1.807, 2.05) is 0 Å². The number of methoxy groups -OCH3 is 1. The summed E-state index contributed by atoms with van der Waals surface area (Å²) in [6.07, 6.45) is 0. The second kappa shape index (κ2) is 6.25. The molecule has 1 aromatic carbocycles. The molecule has 106 valence electrons. The summed E-state index contributed by atoms with van der Waals surface area (Å²) in [7, 11) is 1.30. The average Bonchev–Trinajstić information content (AvgIpc) is 2.44. The van der Waals surface area contributed by atoms with Crippen LogP contribution < -0.4 is 10.1 Å². The minimum Gasteiger partial charge on any atom is -0.494 e. The van der Waals surface area contributed by atoms with Crippen LogP contribution in [0, 0.1) is 11.6 Å². The summed E-state index contributed by atoms with van der Waals surface area (Å²) in [6.45, 7) is 1.66. The molecule has 1 heterocycles. The van der Waals surface area contributed by atoms with Crippen molar-refractivity contribution >= 4 is 0 Å². The molecule has 1 aliphatic rings. The van der Waals surface area contributed by atoms with E-state index in [9.17, 15) is 13.2 Å². The summed E-state index contributed by atoms with van der Waals surface area (Å²) in [4.78, 5) is 1.75. The standard InChI is InChI=1S/C13H17F3N2O/c1-19-11-3-2-9(15)12(13(11)16)10(8-14)18-6-4-17-5-7-18/h2-3,10,17H,4-8H2,1H3/t10-/m1/s1. The van der Waals surface area contributed by atoms with Crippen LogP contribution in [0.15, 0.2) is 12.1 Å². The van der Waals surface area contributed by atoms with Crippen molar-refractivity contribution in [2.24, 2.45) is 0 Å². The van der Waals surface area contributed by atoms with Crippen LogP contribution in [0.4, 0.5) is 13.2 Å². The molecule has 1 saturated heterocycles. The van der Waals surface area contributed by atoms with Gasteiger partial charge in [-0.25, -0.2) is 13.2 Å². The van der Waals surface area contributed by atoms with E-state index in [0.29, 0.717) is 26.2 Å². The van der Waals surface area contributed by atoms with Crippen LogP contribution in [-0.2, 0) is 0 Å². The van der Waals surface area contributed by atoms with Crippen molar-refractivity contribution in [1.29, 1.82) is 0 Å². The molecule has 1 N–H and O–H groups in total. The molecule has 0 spiro atoms. The predicted octanol–water partition coefficient (Wildman–Crippen LogP) is 1.89. The molecule has 0 bridgehead atoms. The van der Waals surface area contributed by atoms with Crippen molar-refractivity contribution in [3.05, 3.63) is 29.3 Å². The Balaban J connectivity index is 2.36. The Labute approximate surface area is 110 Å². The Morgan fingerprint density at radius 3 is 2.58 bits per heavy atom. The van der Waals surface area contributed by atoms with Crippen LogP contribution >= 0.6 is 0 Å². The fraction of sp³-hybridized carbons (Fsp3) is 0.538. The number of ether oxygens (including phenoxy) is 1. The summed E-state index contributed by atoms with van der Waals surface area (Å²) in [6, 6.07) is 1.42. The quantitative estimate of drug-likeness (QED) is 0.907. The summed E-state index contributed by atoms with van der Waals surface area (Å²) in [5.41, 5.74) is -0.247. The molecule has 0 aromatic heterocycles. The van der Waals surface area contributed by atoms with Gasteiger partial charge >= 0.3 is 0 Å². The Morgan fingerprint density at radius 2 is 2.00 bits per heavy atom. The van der Waals surface area contributed by atoms with Gasteiger partial charge in [-0.3, -0.25) is 4.90 Å². The lowest BCUT2D eigenvalue weighted by Gasteiger charge is -2.34. The topological polar surface area (TPSA) is 24.5 Å². The van der Waals surface area contributed by atoms with E-state index in [4.69, 9.17) is 4.74 Å². The van der Waals surface area contributed by atoms with Gasteiger partial charge in [0.25, 0.3) is 0 Å². The smallest absolute Gasteiger partial charge is 0.172 e. The molecule has 6 heteroatoms. The van der Waals surface area contributed by atoms with E-state index < -0.39 is 24.4 Å². The van der Waals surface area contributed by atoms with E-state index in [-0.39, 0.29) is 11.3 Å². The van der Waals surface area contributed by atoms with E-state index >= 15 is 0 Å². The number of nitrogens with zero attached hydrogens (tertiary/aromatic N) is 1. The summed E-state index contributed by atoms with van der Waals surface area (Å²) in [5, 5.41) is 3.12. The summed E-state index contributed by atoms with van der Waals surface area (Å²) >= 11 is 0. The van der Waals surface area contributed by atoms with E-state index in [1.54, 1.807) is 4.90 Å². The molecule has 1 atom stereocenters. The highest BCUT2D eigenvalue weighted by atomic mass is 19.1. The Kier molecular flexibility index (Phi) is 4.66. The van der Waals surface area contributed by atoms with Crippen LogP contribution in [0.2, 0.25) is 0 Å². The number of hydrogen-bond acceptors (Lipinski definition) is 3. The molecule has 0 unspecified atom stereocenters. The Morgan fingerprint density at radius 1 is 1.32 bits per heavy atom. The van der Waals surface area contributed by atoms with Crippen molar-refractivity contribution in [2.75, 3.05) is 40.0 Å². The third-order valence-corrected chi connectivity index (χ3v) is 3.38. The van der Waals surface area contributed by atoms with Crippen LogP contribution in [0.25, 0.3) is 0 Å². The van der Waals surface area contributed by atoms with Gasteiger partial charge in [0.05, 0.1) is 13.2 Å². The first-order valence-corrected chi connectivity index (χ1v) is 6.21. The minimum absolute atomic E-state index is 0.0648. The average molecular weight is 274 g/mol. The molecule has 0 saturated carbocycles. The number of nitrogens with one attached hydrogen (secondary N) is 1. The number of benzene rings is 1. The molecule has 19 heavy (non-hydrogen) atoms. The van der Waals surface area contributed by atoms with Crippen LogP contribution in [-0.4, -0.2) is 44.9 Å². The molecule has 2 rings (SSSR count). The fourth-order valence-corrected chi connectivity index (χ4v) is 2.36. The minimum atomic E-state index is -0.905. The summed E-state index contributed by atoms with van der Waals surface area (Å²) in [5.74, 6) is -1.62. The third kappa shape index (κ3) is 2.84. The van der Waals surface area contributed by atoms with Gasteiger partial charge in [0.2, 0.25) is 0 Å². The number of hydrogen-bond donors (Lipinski definition) is 1. The van der Waals surface area contributed by atoms with Gasteiger partial charge in [-0.15, -0.1) is 0 Å². The zero-order valence-electron chi connectivity index (χ0n) is 10.8. The fourth-order valence-electron chi connectivity index (χ4n) is 2.36. The van der Waals surface area contributed by atoms with Crippen LogP contribution in [0.3, 0.4) is 0 Å². The number of piperazine rings is 1. The lowest BCUT2D eigenvalue weighted by molar-refractivity contribution is 0.140. The van der Waals surface area contributed by atoms with Crippen LogP contribution in [0.1, 0.15) is 11.6 Å². The molecule has 0 amide bonds.